The molecule has 3 rings (SSSR count). The number of hydrogen-bond donors (Lipinski definition) is 1. The summed E-state index contributed by atoms with van der Waals surface area (Å²) in [7, 11) is -2.96. The summed E-state index contributed by atoms with van der Waals surface area (Å²) in [4.78, 5) is 11.3. The second kappa shape index (κ2) is 7.88. The first-order valence-electron chi connectivity index (χ1n) is 8.80. The summed E-state index contributed by atoms with van der Waals surface area (Å²) in [5, 5.41) is 0.825. The van der Waals surface area contributed by atoms with Crippen LogP contribution in [-0.2, 0) is 9.05 Å². The van der Waals surface area contributed by atoms with E-state index in [0.29, 0.717) is 0 Å². The van der Waals surface area contributed by atoms with Crippen LogP contribution in [0.2, 0.25) is 0 Å². The van der Waals surface area contributed by atoms with Crippen LogP contribution in [0.5, 0.6) is 0 Å². The van der Waals surface area contributed by atoms with E-state index in [1.807, 2.05) is 30.3 Å². The molecule has 4 heteroatoms. The molecule has 0 saturated heterocycles. The summed E-state index contributed by atoms with van der Waals surface area (Å²) >= 11 is 0. The van der Waals surface area contributed by atoms with Crippen molar-refractivity contribution in [2.45, 2.75) is 76.4 Å². The largest absolute Gasteiger partial charge is 0.446 e. The van der Waals surface area contributed by atoms with Gasteiger partial charge in [-0.25, -0.2) is 0 Å². The van der Waals surface area contributed by atoms with Crippen molar-refractivity contribution in [2.24, 2.45) is 0 Å². The van der Waals surface area contributed by atoms with Crippen LogP contribution < -0.4 is 5.30 Å². The number of benzene rings is 1. The van der Waals surface area contributed by atoms with E-state index in [0.717, 1.165) is 31.0 Å². The first-order chi connectivity index (χ1) is 10.8. The summed E-state index contributed by atoms with van der Waals surface area (Å²) < 4.78 is 12.4. The van der Waals surface area contributed by atoms with Crippen molar-refractivity contribution in [1.82, 2.24) is 0 Å². The molecule has 2 aliphatic carbocycles. The van der Waals surface area contributed by atoms with Crippen LogP contribution >= 0.6 is 7.94 Å². The molecule has 2 saturated carbocycles. The van der Waals surface area contributed by atoms with E-state index in [1.54, 1.807) is 0 Å². The molecule has 2 fully saturated rings. The first-order valence-corrected chi connectivity index (χ1v) is 10.4. The molecule has 0 bridgehead atoms. The molecule has 0 aliphatic heterocycles. The van der Waals surface area contributed by atoms with Gasteiger partial charge in [-0.05, 0) is 37.8 Å². The molecular formula is C18H28O3P+. The van der Waals surface area contributed by atoms with E-state index in [2.05, 4.69) is 0 Å². The molecule has 0 atom stereocenters. The molecule has 0 radical (unpaired) electrons. The van der Waals surface area contributed by atoms with E-state index < -0.39 is 7.94 Å². The average molecular weight is 323 g/mol. The molecule has 1 aromatic rings. The Labute approximate surface area is 134 Å². The molecule has 122 valence electrons. The second-order valence-electron chi connectivity index (χ2n) is 6.59. The van der Waals surface area contributed by atoms with Gasteiger partial charge >= 0.3 is 7.94 Å². The Morgan fingerprint density at radius 1 is 0.727 bits per heavy atom. The highest BCUT2D eigenvalue weighted by atomic mass is 31.2. The van der Waals surface area contributed by atoms with Crippen LogP contribution in [0.3, 0.4) is 0 Å². The lowest BCUT2D eigenvalue weighted by atomic mass is 9.98. The maximum absolute atomic E-state index is 11.3. The molecule has 0 amide bonds. The quantitative estimate of drug-likeness (QED) is 0.794. The lowest BCUT2D eigenvalue weighted by molar-refractivity contribution is 0.0673. The Bertz CT molecular complexity index is 419. The normalized spacial score (nSPS) is 21.9. The van der Waals surface area contributed by atoms with Gasteiger partial charge in [0.25, 0.3) is 0 Å². The van der Waals surface area contributed by atoms with Crippen LogP contribution in [0, 0.1) is 0 Å². The van der Waals surface area contributed by atoms with Crippen LogP contribution in [0.25, 0.3) is 0 Å². The predicted molar refractivity (Wildman–Crippen MR) is 91.1 cm³/mol. The second-order valence-corrected chi connectivity index (χ2v) is 8.57. The predicted octanol–water partition coefficient (Wildman–Crippen LogP) is 4.77. The van der Waals surface area contributed by atoms with Crippen LogP contribution in [0.4, 0.5) is 0 Å². The number of rotatable bonds is 5. The fraction of sp³-hybridized carbons (Fsp3) is 0.667. The van der Waals surface area contributed by atoms with Gasteiger partial charge in [0.1, 0.15) is 12.2 Å². The zero-order valence-corrected chi connectivity index (χ0v) is 14.2. The topological polar surface area (TPSA) is 38.7 Å². The Hall–Kier alpha value is -0.470. The van der Waals surface area contributed by atoms with Gasteiger partial charge in [0.2, 0.25) is 0 Å². The van der Waals surface area contributed by atoms with Gasteiger partial charge in [0.15, 0.2) is 5.30 Å². The van der Waals surface area contributed by atoms with Crippen molar-refractivity contribution in [2.75, 3.05) is 0 Å². The Balaban J connectivity index is 1.74. The summed E-state index contributed by atoms with van der Waals surface area (Å²) in [6, 6.07) is 9.76. The molecule has 2 aliphatic rings. The molecule has 3 nitrogen and oxygen atoms in total. The van der Waals surface area contributed by atoms with E-state index in [-0.39, 0.29) is 12.2 Å². The van der Waals surface area contributed by atoms with Gasteiger partial charge in [-0.3, -0.25) is 0 Å². The highest BCUT2D eigenvalue weighted by Crippen LogP contribution is 2.59. The monoisotopic (exact) mass is 323 g/mol. The zero-order chi connectivity index (χ0) is 15.3. The maximum Gasteiger partial charge on any atom is 0.446 e. The minimum absolute atomic E-state index is 0.149. The highest BCUT2D eigenvalue weighted by molar-refractivity contribution is 7.68. The van der Waals surface area contributed by atoms with Gasteiger partial charge in [-0.15, -0.1) is 0 Å². The maximum atomic E-state index is 11.3. The van der Waals surface area contributed by atoms with Crippen molar-refractivity contribution in [3.63, 3.8) is 0 Å². The van der Waals surface area contributed by atoms with Gasteiger partial charge in [0, 0.05) is 0 Å². The molecule has 0 aromatic heterocycles. The fourth-order valence-corrected chi connectivity index (χ4v) is 5.58. The third-order valence-corrected chi connectivity index (χ3v) is 6.89. The molecule has 0 spiro atoms. The van der Waals surface area contributed by atoms with Crippen molar-refractivity contribution in [3.8, 4) is 0 Å². The van der Waals surface area contributed by atoms with Crippen LogP contribution in [0.1, 0.15) is 64.2 Å². The van der Waals surface area contributed by atoms with Crippen LogP contribution in [-0.4, -0.2) is 17.1 Å². The molecule has 0 unspecified atom stereocenters. The molecule has 0 heterocycles. The smallest absolute Gasteiger partial charge is 0.188 e. The Morgan fingerprint density at radius 3 is 1.64 bits per heavy atom. The van der Waals surface area contributed by atoms with E-state index in [9.17, 15) is 4.89 Å². The van der Waals surface area contributed by atoms with Gasteiger partial charge in [0.05, 0.1) is 0 Å². The van der Waals surface area contributed by atoms with Gasteiger partial charge in [-0.2, -0.15) is 13.9 Å². The van der Waals surface area contributed by atoms with Gasteiger partial charge in [-0.1, -0.05) is 56.7 Å². The SMILES string of the molecule is O[P+](OC1CCCCC1)(OC1CCCCC1)c1ccccc1. The minimum Gasteiger partial charge on any atom is -0.188 e. The van der Waals surface area contributed by atoms with Crippen molar-refractivity contribution in [3.05, 3.63) is 30.3 Å². The van der Waals surface area contributed by atoms with Crippen molar-refractivity contribution >= 4 is 13.2 Å². The lowest BCUT2D eigenvalue weighted by Gasteiger charge is -2.28. The molecule has 22 heavy (non-hydrogen) atoms. The van der Waals surface area contributed by atoms with E-state index in [4.69, 9.17) is 9.05 Å². The van der Waals surface area contributed by atoms with Crippen molar-refractivity contribution in [1.29, 1.82) is 0 Å². The lowest BCUT2D eigenvalue weighted by Crippen LogP contribution is -2.28. The first kappa shape index (κ1) is 16.4. The minimum atomic E-state index is -2.96. The summed E-state index contributed by atoms with van der Waals surface area (Å²) in [5.74, 6) is 0. The molecule has 1 N–H and O–H groups in total. The third kappa shape index (κ3) is 4.29. The average Bonchev–Trinajstić information content (AvgIpc) is 2.57. The summed E-state index contributed by atoms with van der Waals surface area (Å²) in [6.07, 6.45) is 11.8. The molecule has 1 aromatic carbocycles. The third-order valence-electron chi connectivity index (χ3n) is 4.77. The molecular weight excluding hydrogens is 295 g/mol. The summed E-state index contributed by atoms with van der Waals surface area (Å²) in [5.41, 5.74) is 0. The van der Waals surface area contributed by atoms with E-state index >= 15 is 0 Å². The fourth-order valence-electron chi connectivity index (χ4n) is 3.51. The van der Waals surface area contributed by atoms with Crippen LogP contribution in [0.15, 0.2) is 30.3 Å². The zero-order valence-electron chi connectivity index (χ0n) is 13.3. The summed E-state index contributed by atoms with van der Waals surface area (Å²) in [6.45, 7) is 0. The number of hydrogen-bond acceptors (Lipinski definition) is 3. The highest BCUT2D eigenvalue weighted by Gasteiger charge is 2.49. The van der Waals surface area contributed by atoms with E-state index in [1.165, 1.54) is 38.5 Å². The van der Waals surface area contributed by atoms with Crippen molar-refractivity contribution < 1.29 is 13.9 Å². The Morgan fingerprint density at radius 2 is 1.18 bits per heavy atom. The Kier molecular flexibility index (Phi) is 5.87. The van der Waals surface area contributed by atoms with Gasteiger partial charge < -0.3 is 0 Å². The standard InChI is InChI=1S/C18H28O3P/c19-22(18-14-8-3-9-15-18,20-16-10-4-1-5-11-16)21-17-12-6-2-7-13-17/h3,8-9,14-17,19H,1-2,4-7,10-13H2/q+1.